The Morgan fingerprint density at radius 2 is 2.04 bits per heavy atom. The monoisotopic (exact) mass is 325 g/mol. The van der Waals surface area contributed by atoms with Crippen LogP contribution in [0, 0.1) is 0 Å². The molecule has 0 aliphatic carbocycles. The van der Waals surface area contributed by atoms with Crippen molar-refractivity contribution in [1.29, 1.82) is 0 Å². The average Bonchev–Trinajstić information content (AvgIpc) is 3.07. The molecular weight excluding hydrogens is 306 g/mol. The van der Waals surface area contributed by atoms with Gasteiger partial charge in [-0.1, -0.05) is 30.3 Å². The van der Waals surface area contributed by atoms with Crippen LogP contribution in [0.2, 0.25) is 0 Å². The highest BCUT2D eigenvalue weighted by Crippen LogP contribution is 2.40. The van der Waals surface area contributed by atoms with Crippen LogP contribution in [0.15, 0.2) is 47.8 Å². The molecule has 1 aromatic heterocycles. The van der Waals surface area contributed by atoms with Crippen molar-refractivity contribution in [2.45, 2.75) is 13.3 Å². The summed E-state index contributed by atoms with van der Waals surface area (Å²) in [5.74, 6) is 0.883. The van der Waals surface area contributed by atoms with Gasteiger partial charge in [-0.2, -0.15) is 0 Å². The third-order valence-electron chi connectivity index (χ3n) is 3.85. The van der Waals surface area contributed by atoms with Crippen molar-refractivity contribution < 1.29 is 9.53 Å². The van der Waals surface area contributed by atoms with Gasteiger partial charge in [0.15, 0.2) is 0 Å². The first-order valence-electron chi connectivity index (χ1n) is 7.57. The molecule has 1 N–H and O–H groups in total. The second-order valence-corrected chi connectivity index (χ2v) is 6.32. The van der Waals surface area contributed by atoms with Crippen LogP contribution in [0.25, 0.3) is 21.2 Å². The van der Waals surface area contributed by atoms with Gasteiger partial charge in [0, 0.05) is 23.9 Å². The first-order valence-corrected chi connectivity index (χ1v) is 8.45. The molecule has 3 nitrogen and oxygen atoms in total. The number of thiophene rings is 1. The lowest BCUT2D eigenvalue weighted by Crippen LogP contribution is -2.22. The molecule has 1 heterocycles. The molecule has 0 atom stereocenters. The van der Waals surface area contributed by atoms with Gasteiger partial charge in [0.05, 0.1) is 7.11 Å². The van der Waals surface area contributed by atoms with Gasteiger partial charge in [-0.25, -0.2) is 0 Å². The number of methoxy groups -OCH3 is 1. The Hall–Kier alpha value is -2.33. The van der Waals surface area contributed by atoms with E-state index in [1.54, 1.807) is 25.4 Å². The van der Waals surface area contributed by atoms with E-state index in [4.69, 9.17) is 4.74 Å². The van der Waals surface area contributed by atoms with Crippen molar-refractivity contribution in [2.75, 3.05) is 13.7 Å². The smallest absolute Gasteiger partial charge is 0.216 e. The second kappa shape index (κ2) is 6.84. The molecule has 3 aromatic rings. The van der Waals surface area contributed by atoms with E-state index in [1.807, 2.05) is 6.07 Å². The number of ether oxygens (including phenoxy) is 1. The fourth-order valence-electron chi connectivity index (χ4n) is 2.85. The SMILES string of the molecule is COc1ccc2cccc(CCNC(C)=O)c2c1-c1cccs1. The van der Waals surface area contributed by atoms with E-state index in [2.05, 4.69) is 47.1 Å². The Balaban J connectivity index is 2.15. The summed E-state index contributed by atoms with van der Waals surface area (Å²) in [7, 11) is 1.71. The van der Waals surface area contributed by atoms with Gasteiger partial charge in [-0.05, 0) is 40.3 Å². The lowest BCUT2D eigenvalue weighted by molar-refractivity contribution is -0.118. The molecule has 0 spiro atoms. The minimum atomic E-state index is 0.00120. The predicted octanol–water partition coefficient (Wildman–Crippen LogP) is 4.26. The number of hydrogen-bond acceptors (Lipinski definition) is 3. The zero-order valence-electron chi connectivity index (χ0n) is 13.3. The molecule has 0 saturated carbocycles. The fourth-order valence-corrected chi connectivity index (χ4v) is 3.63. The van der Waals surface area contributed by atoms with Gasteiger partial charge >= 0.3 is 0 Å². The number of carbonyl (C=O) groups is 1. The quantitative estimate of drug-likeness (QED) is 0.761. The van der Waals surface area contributed by atoms with Crippen molar-refractivity contribution >= 4 is 28.0 Å². The molecule has 0 unspecified atom stereocenters. The third-order valence-corrected chi connectivity index (χ3v) is 4.74. The Morgan fingerprint density at radius 1 is 1.17 bits per heavy atom. The third kappa shape index (κ3) is 3.22. The highest BCUT2D eigenvalue weighted by Gasteiger charge is 2.14. The largest absolute Gasteiger partial charge is 0.496 e. The maximum absolute atomic E-state index is 11.1. The van der Waals surface area contributed by atoms with E-state index in [9.17, 15) is 4.79 Å². The molecule has 0 aliphatic heterocycles. The predicted molar refractivity (Wildman–Crippen MR) is 96.2 cm³/mol. The van der Waals surface area contributed by atoms with Crippen LogP contribution in [0.5, 0.6) is 5.75 Å². The molecule has 0 bridgehead atoms. The molecule has 1 amide bonds. The van der Waals surface area contributed by atoms with Crippen molar-refractivity contribution in [1.82, 2.24) is 5.32 Å². The first-order chi connectivity index (χ1) is 11.2. The molecule has 23 heavy (non-hydrogen) atoms. The number of carbonyl (C=O) groups excluding carboxylic acids is 1. The lowest BCUT2D eigenvalue weighted by Gasteiger charge is -2.15. The van der Waals surface area contributed by atoms with Crippen LogP contribution in [-0.4, -0.2) is 19.6 Å². The molecule has 0 aliphatic rings. The number of rotatable bonds is 5. The highest BCUT2D eigenvalue weighted by molar-refractivity contribution is 7.13. The summed E-state index contributed by atoms with van der Waals surface area (Å²) in [5, 5.41) is 7.35. The van der Waals surface area contributed by atoms with Crippen LogP contribution in [0.4, 0.5) is 0 Å². The van der Waals surface area contributed by atoms with Crippen LogP contribution in [0.3, 0.4) is 0 Å². The Kier molecular flexibility index (Phi) is 4.63. The van der Waals surface area contributed by atoms with Gasteiger partial charge in [0.25, 0.3) is 0 Å². The molecule has 4 heteroatoms. The van der Waals surface area contributed by atoms with E-state index < -0.39 is 0 Å². The number of nitrogens with one attached hydrogen (secondary N) is 1. The summed E-state index contributed by atoms with van der Waals surface area (Å²) in [5.41, 5.74) is 2.36. The lowest BCUT2D eigenvalue weighted by atomic mass is 9.95. The topological polar surface area (TPSA) is 38.3 Å². The Morgan fingerprint density at radius 3 is 2.74 bits per heavy atom. The van der Waals surface area contributed by atoms with E-state index in [0.717, 1.165) is 17.7 Å². The zero-order chi connectivity index (χ0) is 16.2. The highest BCUT2D eigenvalue weighted by atomic mass is 32.1. The van der Waals surface area contributed by atoms with Gasteiger partial charge in [0.1, 0.15) is 5.75 Å². The summed E-state index contributed by atoms with van der Waals surface area (Å²) in [6.07, 6.45) is 0.794. The summed E-state index contributed by atoms with van der Waals surface area (Å²) in [6, 6.07) is 14.6. The molecule has 2 aromatic carbocycles. The number of benzene rings is 2. The van der Waals surface area contributed by atoms with Crippen molar-refractivity contribution in [2.24, 2.45) is 0 Å². The van der Waals surface area contributed by atoms with Gasteiger partial charge < -0.3 is 10.1 Å². The fraction of sp³-hybridized carbons (Fsp3) is 0.211. The molecule has 0 radical (unpaired) electrons. The maximum atomic E-state index is 11.1. The van der Waals surface area contributed by atoms with Crippen molar-refractivity contribution in [3.63, 3.8) is 0 Å². The molecular formula is C19H19NO2S. The molecule has 118 valence electrons. The Labute approximate surface area is 139 Å². The van der Waals surface area contributed by atoms with Gasteiger partial charge in [0.2, 0.25) is 5.91 Å². The molecule has 0 saturated heterocycles. The maximum Gasteiger partial charge on any atom is 0.216 e. The summed E-state index contributed by atoms with van der Waals surface area (Å²) < 4.78 is 5.61. The van der Waals surface area contributed by atoms with E-state index in [1.165, 1.54) is 21.2 Å². The standard InChI is InChI=1S/C19H19NO2S/c1-13(21)20-11-10-15-6-3-5-14-8-9-16(22-2)19(18(14)15)17-7-4-12-23-17/h3-9,12H,10-11H2,1-2H3,(H,20,21). The molecule has 0 fully saturated rings. The summed E-state index contributed by atoms with van der Waals surface area (Å²) in [6.45, 7) is 2.18. The van der Waals surface area contributed by atoms with Crippen LogP contribution in [0.1, 0.15) is 12.5 Å². The summed E-state index contributed by atoms with van der Waals surface area (Å²) in [4.78, 5) is 12.3. The summed E-state index contributed by atoms with van der Waals surface area (Å²) >= 11 is 1.71. The average molecular weight is 325 g/mol. The minimum absolute atomic E-state index is 0.00120. The minimum Gasteiger partial charge on any atom is -0.496 e. The normalized spacial score (nSPS) is 10.7. The Bertz CT molecular complexity index is 825. The first kappa shape index (κ1) is 15.6. The molecule has 3 rings (SSSR count). The van der Waals surface area contributed by atoms with E-state index in [0.29, 0.717) is 6.54 Å². The van der Waals surface area contributed by atoms with Crippen LogP contribution < -0.4 is 10.1 Å². The van der Waals surface area contributed by atoms with E-state index in [-0.39, 0.29) is 5.91 Å². The number of fused-ring (bicyclic) bond motifs is 1. The number of hydrogen-bond donors (Lipinski definition) is 1. The van der Waals surface area contributed by atoms with Gasteiger partial charge in [-0.3, -0.25) is 4.79 Å². The van der Waals surface area contributed by atoms with Gasteiger partial charge in [-0.15, -0.1) is 11.3 Å². The van der Waals surface area contributed by atoms with Crippen LogP contribution >= 0.6 is 11.3 Å². The second-order valence-electron chi connectivity index (χ2n) is 5.37. The zero-order valence-corrected chi connectivity index (χ0v) is 14.1. The van der Waals surface area contributed by atoms with Crippen molar-refractivity contribution in [3.8, 4) is 16.2 Å². The number of amides is 1. The van der Waals surface area contributed by atoms with Crippen LogP contribution in [-0.2, 0) is 11.2 Å². The van der Waals surface area contributed by atoms with E-state index >= 15 is 0 Å². The van der Waals surface area contributed by atoms with Crippen molar-refractivity contribution in [3.05, 3.63) is 53.4 Å².